The molecule has 0 saturated carbocycles. The smallest absolute Gasteiger partial charge is 0.264 e. The van der Waals surface area contributed by atoms with Crippen molar-refractivity contribution in [1.29, 1.82) is 0 Å². The Hall–Kier alpha value is -2.90. The van der Waals surface area contributed by atoms with Gasteiger partial charge in [-0.3, -0.25) is 4.79 Å². The minimum Gasteiger partial charge on any atom is -0.354 e. The summed E-state index contributed by atoms with van der Waals surface area (Å²) in [7, 11) is 0. The predicted octanol–water partition coefficient (Wildman–Crippen LogP) is 0.922. The molecule has 0 aliphatic carbocycles. The summed E-state index contributed by atoms with van der Waals surface area (Å²) in [5.41, 5.74) is 2.94. The zero-order valence-corrected chi connectivity index (χ0v) is 13.9. The molecule has 5 heterocycles. The van der Waals surface area contributed by atoms with Crippen LogP contribution in [0.3, 0.4) is 0 Å². The molecule has 0 aromatic carbocycles. The topological polar surface area (TPSA) is 93.8 Å². The number of aryl methyl sites for hydroxylation is 1. The molecule has 0 amide bonds. The largest absolute Gasteiger partial charge is 0.354 e. The molecule has 2 aliphatic heterocycles. The average Bonchev–Trinajstić information content (AvgIpc) is 3.26. The maximum absolute atomic E-state index is 11.2. The van der Waals surface area contributed by atoms with Crippen molar-refractivity contribution in [3.8, 4) is 0 Å². The van der Waals surface area contributed by atoms with E-state index in [1.54, 1.807) is 12.4 Å². The normalized spacial score (nSPS) is 22.8. The molecule has 0 bridgehead atoms. The second kappa shape index (κ2) is 5.30. The van der Waals surface area contributed by atoms with Gasteiger partial charge in [-0.25, -0.2) is 15.1 Å². The first-order valence-electron chi connectivity index (χ1n) is 8.53. The molecule has 2 unspecified atom stereocenters. The molecule has 5 rings (SSSR count). The first kappa shape index (κ1) is 14.4. The highest BCUT2D eigenvalue weighted by Crippen LogP contribution is 2.36. The number of fused-ring (bicyclic) bond motifs is 2. The van der Waals surface area contributed by atoms with Gasteiger partial charge in [0.2, 0.25) is 0 Å². The minimum atomic E-state index is -0.164. The summed E-state index contributed by atoms with van der Waals surface area (Å²) in [6.45, 7) is 5.92. The number of nitrogens with one attached hydrogen (secondary N) is 2. The van der Waals surface area contributed by atoms with Crippen molar-refractivity contribution in [1.82, 2.24) is 25.1 Å². The van der Waals surface area contributed by atoms with E-state index in [4.69, 9.17) is 0 Å². The Morgan fingerprint density at radius 2 is 1.84 bits per heavy atom. The molecule has 2 N–H and O–H groups in total. The number of anilines is 2. The van der Waals surface area contributed by atoms with E-state index in [1.165, 1.54) is 6.07 Å². The molecule has 3 aromatic heterocycles. The molecular weight excluding hydrogens is 318 g/mol. The summed E-state index contributed by atoms with van der Waals surface area (Å²) in [6, 6.07) is 5.39. The monoisotopic (exact) mass is 337 g/mol. The van der Waals surface area contributed by atoms with Crippen LogP contribution in [0.15, 0.2) is 29.3 Å². The van der Waals surface area contributed by atoms with Crippen molar-refractivity contribution in [2.24, 2.45) is 11.8 Å². The van der Waals surface area contributed by atoms with Gasteiger partial charge in [-0.05, 0) is 19.1 Å². The van der Waals surface area contributed by atoms with Crippen molar-refractivity contribution in [2.45, 2.75) is 6.92 Å². The zero-order valence-electron chi connectivity index (χ0n) is 13.9. The number of H-pyrrole nitrogens is 2. The lowest BCUT2D eigenvalue weighted by Crippen LogP contribution is -2.30. The molecule has 2 saturated heterocycles. The predicted molar refractivity (Wildman–Crippen MR) is 94.9 cm³/mol. The highest BCUT2D eigenvalue weighted by Gasteiger charge is 2.41. The van der Waals surface area contributed by atoms with Gasteiger partial charge in [-0.1, -0.05) is 0 Å². The summed E-state index contributed by atoms with van der Waals surface area (Å²) >= 11 is 0. The minimum absolute atomic E-state index is 0.164. The summed E-state index contributed by atoms with van der Waals surface area (Å²) in [5.74, 6) is 3.01. The van der Waals surface area contributed by atoms with Crippen LogP contribution in [0.4, 0.5) is 11.6 Å². The number of hydrogen-bond donors (Lipinski definition) is 2. The molecule has 25 heavy (non-hydrogen) atoms. The van der Waals surface area contributed by atoms with E-state index in [1.807, 2.05) is 6.92 Å². The van der Waals surface area contributed by atoms with Gasteiger partial charge in [0.05, 0.1) is 5.52 Å². The van der Waals surface area contributed by atoms with E-state index < -0.39 is 0 Å². The van der Waals surface area contributed by atoms with Crippen LogP contribution in [0.1, 0.15) is 5.69 Å². The quantitative estimate of drug-likeness (QED) is 0.722. The van der Waals surface area contributed by atoms with Crippen LogP contribution in [-0.4, -0.2) is 51.3 Å². The lowest BCUT2D eigenvalue weighted by Gasteiger charge is -2.23. The standard InChI is InChI=1S/C17H19N7O/c1-10-4-13-16(20-10)17(19-9-18-13)24-7-11-5-23(6-12(11)8-24)14-2-3-15(25)22-21-14/h2-4,9,11-12,20H,5-8H2,1H3,(H,22,25). The van der Waals surface area contributed by atoms with Crippen LogP contribution in [0.5, 0.6) is 0 Å². The molecule has 2 fully saturated rings. The SMILES string of the molecule is Cc1cc2ncnc(N3CC4CN(c5ccc(=O)[nH]n5)CC4C3)c2[nH]1. The van der Waals surface area contributed by atoms with E-state index in [0.717, 1.165) is 54.5 Å². The number of hydrogen-bond acceptors (Lipinski definition) is 6. The van der Waals surface area contributed by atoms with Crippen LogP contribution >= 0.6 is 0 Å². The van der Waals surface area contributed by atoms with Gasteiger partial charge < -0.3 is 14.8 Å². The molecule has 3 aromatic rings. The van der Waals surface area contributed by atoms with Crippen LogP contribution < -0.4 is 15.4 Å². The van der Waals surface area contributed by atoms with E-state index >= 15 is 0 Å². The molecule has 0 radical (unpaired) electrons. The number of aromatic amines is 2. The van der Waals surface area contributed by atoms with Gasteiger partial charge in [0, 0.05) is 49.8 Å². The Kier molecular flexibility index (Phi) is 3.06. The third kappa shape index (κ3) is 2.36. The lowest BCUT2D eigenvalue weighted by atomic mass is 10.0. The number of rotatable bonds is 2. The summed E-state index contributed by atoms with van der Waals surface area (Å²) in [6.07, 6.45) is 1.65. The molecule has 0 spiro atoms. The Labute approximate surface area is 143 Å². The van der Waals surface area contributed by atoms with Gasteiger partial charge in [0.1, 0.15) is 17.7 Å². The van der Waals surface area contributed by atoms with Crippen LogP contribution in [0.2, 0.25) is 0 Å². The zero-order chi connectivity index (χ0) is 17.0. The maximum atomic E-state index is 11.2. The van der Waals surface area contributed by atoms with Crippen LogP contribution in [-0.2, 0) is 0 Å². The van der Waals surface area contributed by atoms with Gasteiger partial charge in [0.25, 0.3) is 5.56 Å². The fourth-order valence-corrected chi connectivity index (χ4v) is 4.16. The number of aromatic nitrogens is 5. The summed E-state index contributed by atoms with van der Waals surface area (Å²) in [5, 5.41) is 6.68. The van der Waals surface area contributed by atoms with Crippen molar-refractivity contribution < 1.29 is 0 Å². The second-order valence-corrected chi connectivity index (χ2v) is 7.02. The maximum Gasteiger partial charge on any atom is 0.264 e. The highest BCUT2D eigenvalue weighted by molar-refractivity contribution is 5.86. The Bertz CT molecular complexity index is 960. The molecule has 128 valence electrons. The Balaban J connectivity index is 1.36. The van der Waals surface area contributed by atoms with Crippen LogP contribution in [0, 0.1) is 18.8 Å². The first-order valence-corrected chi connectivity index (χ1v) is 8.53. The Morgan fingerprint density at radius 3 is 2.56 bits per heavy atom. The van der Waals surface area contributed by atoms with Crippen molar-refractivity contribution in [3.63, 3.8) is 0 Å². The van der Waals surface area contributed by atoms with Gasteiger partial charge in [-0.15, -0.1) is 0 Å². The average molecular weight is 337 g/mol. The van der Waals surface area contributed by atoms with Crippen LogP contribution in [0.25, 0.3) is 11.0 Å². The van der Waals surface area contributed by atoms with E-state index in [9.17, 15) is 4.79 Å². The third-order valence-electron chi connectivity index (χ3n) is 5.31. The molecule has 8 nitrogen and oxygen atoms in total. The van der Waals surface area contributed by atoms with E-state index in [-0.39, 0.29) is 5.56 Å². The molecule has 8 heteroatoms. The summed E-state index contributed by atoms with van der Waals surface area (Å²) < 4.78 is 0. The fraction of sp³-hybridized carbons (Fsp3) is 0.412. The van der Waals surface area contributed by atoms with Gasteiger partial charge in [-0.2, -0.15) is 5.10 Å². The molecule has 2 aliphatic rings. The fourth-order valence-electron chi connectivity index (χ4n) is 4.16. The Morgan fingerprint density at radius 1 is 1.08 bits per heavy atom. The number of nitrogens with zero attached hydrogens (tertiary/aromatic N) is 5. The van der Waals surface area contributed by atoms with Crippen molar-refractivity contribution in [3.05, 3.63) is 40.6 Å². The highest BCUT2D eigenvalue weighted by atomic mass is 16.1. The third-order valence-corrected chi connectivity index (χ3v) is 5.31. The van der Waals surface area contributed by atoms with Crippen molar-refractivity contribution in [2.75, 3.05) is 36.0 Å². The van der Waals surface area contributed by atoms with E-state index in [2.05, 4.69) is 41.0 Å². The van der Waals surface area contributed by atoms with E-state index in [0.29, 0.717) is 11.8 Å². The first-order chi connectivity index (χ1) is 12.2. The van der Waals surface area contributed by atoms with Gasteiger partial charge >= 0.3 is 0 Å². The molecule has 2 atom stereocenters. The van der Waals surface area contributed by atoms with Crippen molar-refractivity contribution >= 4 is 22.7 Å². The lowest BCUT2D eigenvalue weighted by molar-refractivity contribution is 0.533. The summed E-state index contributed by atoms with van der Waals surface area (Å²) in [4.78, 5) is 28.1. The van der Waals surface area contributed by atoms with Gasteiger partial charge in [0.15, 0.2) is 5.82 Å². The second-order valence-electron chi connectivity index (χ2n) is 7.02. The molecular formula is C17H19N7O.